The number of hydrogen-bond donors (Lipinski definition) is 1. The fourth-order valence-corrected chi connectivity index (χ4v) is 5.20. The predicted molar refractivity (Wildman–Crippen MR) is 135 cm³/mol. The van der Waals surface area contributed by atoms with E-state index in [9.17, 15) is 4.79 Å². The first kappa shape index (κ1) is 23.4. The monoisotopic (exact) mass is 463 g/mol. The molecule has 6 nitrogen and oxygen atoms in total. The van der Waals surface area contributed by atoms with Gasteiger partial charge >= 0.3 is 0 Å². The molecule has 1 saturated heterocycles. The number of nitrogen functional groups attached to an aromatic ring is 1. The molecular weight excluding hydrogens is 430 g/mol. The van der Waals surface area contributed by atoms with Crippen molar-refractivity contribution in [3.63, 3.8) is 0 Å². The normalized spacial score (nSPS) is 15.9. The third-order valence-electron chi connectivity index (χ3n) is 6.36. The topological polar surface area (TPSA) is 65.7 Å². The van der Waals surface area contributed by atoms with Crippen molar-refractivity contribution in [3.8, 4) is 0 Å². The second kappa shape index (κ2) is 10.9. The number of nitrogens with two attached hydrogens (primary N) is 1. The molecule has 1 amide bonds. The molecule has 0 aliphatic carbocycles. The van der Waals surface area contributed by atoms with E-state index in [0.29, 0.717) is 13.1 Å². The van der Waals surface area contributed by atoms with Crippen molar-refractivity contribution in [2.24, 2.45) is 0 Å². The Morgan fingerprint density at radius 3 is 2.39 bits per heavy atom. The Hall–Kier alpha value is -2.74. The van der Waals surface area contributed by atoms with Gasteiger partial charge in [-0.25, -0.2) is 4.98 Å². The molecule has 0 saturated carbocycles. The molecule has 2 heterocycles. The lowest BCUT2D eigenvalue weighted by atomic mass is 9.95. The maximum absolute atomic E-state index is 12.8. The Kier molecular flexibility index (Phi) is 7.75. The molecule has 1 fully saturated rings. The first-order valence-electron chi connectivity index (χ1n) is 11.7. The fourth-order valence-electron chi connectivity index (χ4n) is 4.55. The van der Waals surface area contributed by atoms with Gasteiger partial charge in [-0.1, -0.05) is 24.3 Å². The molecular formula is C26H33N5OS. The standard InChI is InChI=1S/C26H33N5OS/c1-3-30(4-2)26(32)21-10-8-20(9-11-21)25(22-6-5-7-23(27)18-22)31-15-13-29(14-16-31)19-24-28-12-17-33-24/h5-12,17-18,25H,3-4,13-16,19,27H2,1-2H3/t25-/m0/s1. The minimum atomic E-state index is 0.0860. The fraction of sp³-hybridized carbons (Fsp3) is 0.385. The van der Waals surface area contributed by atoms with Crippen molar-refractivity contribution in [1.82, 2.24) is 19.7 Å². The lowest BCUT2D eigenvalue weighted by molar-refractivity contribution is 0.0773. The van der Waals surface area contributed by atoms with Gasteiger partial charge in [-0.2, -0.15) is 0 Å². The van der Waals surface area contributed by atoms with Crippen molar-refractivity contribution in [2.45, 2.75) is 26.4 Å². The van der Waals surface area contributed by atoms with Gasteiger partial charge < -0.3 is 10.6 Å². The SMILES string of the molecule is CCN(CC)C(=O)c1ccc([C@@H](c2cccc(N)c2)N2CCN(Cc3nccs3)CC2)cc1. The Morgan fingerprint density at radius 2 is 1.79 bits per heavy atom. The number of benzene rings is 2. The zero-order valence-corrected chi connectivity index (χ0v) is 20.3. The van der Waals surface area contributed by atoms with Crippen LogP contribution in [0.3, 0.4) is 0 Å². The Morgan fingerprint density at radius 1 is 1.06 bits per heavy atom. The number of carbonyl (C=O) groups is 1. The third kappa shape index (κ3) is 5.61. The molecule has 2 aromatic carbocycles. The summed E-state index contributed by atoms with van der Waals surface area (Å²) >= 11 is 1.72. The molecule has 174 valence electrons. The summed E-state index contributed by atoms with van der Waals surface area (Å²) < 4.78 is 0. The summed E-state index contributed by atoms with van der Waals surface area (Å²) in [6, 6.07) is 16.4. The number of nitrogens with zero attached hydrogens (tertiary/aromatic N) is 4. The van der Waals surface area contributed by atoms with Crippen molar-refractivity contribution >= 4 is 22.9 Å². The molecule has 4 rings (SSSR count). The van der Waals surface area contributed by atoms with E-state index in [1.807, 2.05) is 54.6 Å². The summed E-state index contributed by atoms with van der Waals surface area (Å²) in [6.07, 6.45) is 1.88. The summed E-state index contributed by atoms with van der Waals surface area (Å²) in [5, 5.41) is 3.21. The summed E-state index contributed by atoms with van der Waals surface area (Å²) in [4.78, 5) is 24.0. The summed E-state index contributed by atoms with van der Waals surface area (Å²) in [5.41, 5.74) is 10.0. The lowest BCUT2D eigenvalue weighted by Gasteiger charge is -2.39. The summed E-state index contributed by atoms with van der Waals surface area (Å²) in [5.74, 6) is 0.0860. The number of amides is 1. The van der Waals surface area contributed by atoms with Crippen LogP contribution in [0.4, 0.5) is 5.69 Å². The first-order chi connectivity index (χ1) is 16.1. The van der Waals surface area contributed by atoms with Gasteiger partial charge in [-0.15, -0.1) is 11.3 Å². The zero-order chi connectivity index (χ0) is 23.2. The van der Waals surface area contributed by atoms with Crippen molar-refractivity contribution in [1.29, 1.82) is 0 Å². The van der Waals surface area contributed by atoms with E-state index < -0.39 is 0 Å². The molecule has 1 aliphatic heterocycles. The molecule has 1 atom stereocenters. The van der Waals surface area contributed by atoms with Gasteiger partial charge in [0.2, 0.25) is 0 Å². The smallest absolute Gasteiger partial charge is 0.253 e. The number of hydrogen-bond acceptors (Lipinski definition) is 6. The van der Waals surface area contributed by atoms with Gasteiger partial charge in [0.25, 0.3) is 5.91 Å². The Bertz CT molecular complexity index is 1030. The molecule has 7 heteroatoms. The predicted octanol–water partition coefficient (Wildman–Crippen LogP) is 4.11. The van der Waals surface area contributed by atoms with Crippen LogP contribution < -0.4 is 5.73 Å². The summed E-state index contributed by atoms with van der Waals surface area (Å²) in [6.45, 7) is 10.3. The van der Waals surface area contributed by atoms with E-state index >= 15 is 0 Å². The zero-order valence-electron chi connectivity index (χ0n) is 19.5. The van der Waals surface area contributed by atoms with E-state index in [4.69, 9.17) is 5.73 Å². The maximum atomic E-state index is 12.8. The van der Waals surface area contributed by atoms with Crippen LogP contribution in [0.1, 0.15) is 46.4 Å². The highest BCUT2D eigenvalue weighted by Crippen LogP contribution is 2.31. The average Bonchev–Trinajstić information content (AvgIpc) is 3.35. The van der Waals surface area contributed by atoms with Crippen LogP contribution in [0.15, 0.2) is 60.1 Å². The van der Waals surface area contributed by atoms with Crippen LogP contribution in [-0.4, -0.2) is 64.9 Å². The minimum absolute atomic E-state index is 0.0860. The molecule has 3 aromatic rings. The molecule has 33 heavy (non-hydrogen) atoms. The molecule has 2 N–H and O–H groups in total. The second-order valence-electron chi connectivity index (χ2n) is 8.41. The highest BCUT2D eigenvalue weighted by Gasteiger charge is 2.27. The highest BCUT2D eigenvalue weighted by molar-refractivity contribution is 7.09. The van der Waals surface area contributed by atoms with Crippen molar-refractivity contribution in [2.75, 3.05) is 45.0 Å². The average molecular weight is 464 g/mol. The number of aromatic nitrogens is 1. The minimum Gasteiger partial charge on any atom is -0.399 e. The van der Waals surface area contributed by atoms with Crippen molar-refractivity contribution < 1.29 is 4.79 Å². The number of anilines is 1. The second-order valence-corrected chi connectivity index (χ2v) is 9.39. The van der Waals surface area contributed by atoms with Crippen molar-refractivity contribution in [3.05, 3.63) is 81.8 Å². The Labute approximate surface area is 200 Å². The number of piperazine rings is 1. The van der Waals surface area contributed by atoms with Gasteiger partial charge in [-0.05, 0) is 49.2 Å². The molecule has 1 aliphatic rings. The first-order valence-corrected chi connectivity index (χ1v) is 12.6. The van der Waals surface area contributed by atoms with Crippen LogP contribution in [0, 0.1) is 0 Å². The third-order valence-corrected chi connectivity index (χ3v) is 7.13. The molecule has 0 unspecified atom stereocenters. The number of rotatable bonds is 8. The number of thiazole rings is 1. The molecule has 0 radical (unpaired) electrons. The Balaban J connectivity index is 1.54. The van der Waals surface area contributed by atoms with E-state index in [-0.39, 0.29) is 11.9 Å². The van der Waals surface area contributed by atoms with Crippen LogP contribution >= 0.6 is 11.3 Å². The van der Waals surface area contributed by atoms with Gasteiger partial charge in [0.1, 0.15) is 5.01 Å². The van der Waals surface area contributed by atoms with Gasteiger partial charge in [0.15, 0.2) is 0 Å². The quantitative estimate of drug-likeness (QED) is 0.509. The van der Waals surface area contributed by atoms with Gasteiger partial charge in [-0.3, -0.25) is 14.6 Å². The van der Waals surface area contributed by atoms with Crippen LogP contribution in [0.2, 0.25) is 0 Å². The molecule has 0 spiro atoms. The summed E-state index contributed by atoms with van der Waals surface area (Å²) in [7, 11) is 0. The van der Waals surface area contributed by atoms with Crippen LogP contribution in [0.5, 0.6) is 0 Å². The molecule has 0 bridgehead atoms. The largest absolute Gasteiger partial charge is 0.399 e. The molecule has 1 aromatic heterocycles. The van der Waals surface area contributed by atoms with Gasteiger partial charge in [0, 0.05) is 62.1 Å². The highest BCUT2D eigenvalue weighted by atomic mass is 32.1. The lowest BCUT2D eigenvalue weighted by Crippen LogP contribution is -2.47. The van der Waals surface area contributed by atoms with Crippen LogP contribution in [-0.2, 0) is 6.54 Å². The van der Waals surface area contributed by atoms with E-state index in [1.54, 1.807) is 11.3 Å². The van der Waals surface area contributed by atoms with E-state index in [1.165, 1.54) is 16.1 Å². The maximum Gasteiger partial charge on any atom is 0.253 e. The van der Waals surface area contributed by atoms with E-state index in [0.717, 1.165) is 44.0 Å². The van der Waals surface area contributed by atoms with E-state index in [2.05, 4.69) is 39.0 Å². The van der Waals surface area contributed by atoms with Crippen LogP contribution in [0.25, 0.3) is 0 Å². The number of carbonyl (C=O) groups excluding carboxylic acids is 1. The van der Waals surface area contributed by atoms with Gasteiger partial charge in [0.05, 0.1) is 12.6 Å².